The molecule has 1 aromatic heterocycles. The summed E-state index contributed by atoms with van der Waals surface area (Å²) in [6, 6.07) is 3.15. The van der Waals surface area contributed by atoms with Crippen molar-refractivity contribution < 1.29 is 17.9 Å². The molecule has 184 valence electrons. The van der Waals surface area contributed by atoms with Crippen LogP contribution in [0.5, 0.6) is 5.75 Å². The Hall–Kier alpha value is -2.11. The van der Waals surface area contributed by atoms with E-state index in [-0.39, 0.29) is 17.0 Å². The second-order valence-electron chi connectivity index (χ2n) is 8.80. The van der Waals surface area contributed by atoms with Gasteiger partial charge in [-0.15, -0.1) is 0 Å². The van der Waals surface area contributed by atoms with Crippen LogP contribution in [0.3, 0.4) is 0 Å². The maximum absolute atomic E-state index is 15.1. The fourth-order valence-electron chi connectivity index (χ4n) is 3.93. The molecule has 0 aliphatic carbocycles. The van der Waals surface area contributed by atoms with Crippen LogP contribution in [-0.2, 0) is 6.42 Å². The Labute approximate surface area is 197 Å². The summed E-state index contributed by atoms with van der Waals surface area (Å²) >= 11 is 0. The van der Waals surface area contributed by atoms with Crippen LogP contribution in [0.4, 0.5) is 13.2 Å². The van der Waals surface area contributed by atoms with E-state index in [1.54, 1.807) is 6.07 Å². The SMILES string of the molecule is CCCCCCCCCCOc1cc(-c2ncccn2)c(F)c(F)c1CCCCCC(C)F. The lowest BCUT2D eigenvalue weighted by atomic mass is 10.0. The third-order valence-electron chi connectivity index (χ3n) is 5.86. The van der Waals surface area contributed by atoms with Crippen molar-refractivity contribution in [2.75, 3.05) is 6.61 Å². The molecule has 0 N–H and O–H groups in total. The highest BCUT2D eigenvalue weighted by atomic mass is 19.2. The summed E-state index contributed by atoms with van der Waals surface area (Å²) in [4.78, 5) is 8.13. The fraction of sp³-hybridized carbons (Fsp3) is 0.630. The normalized spacial score (nSPS) is 12.2. The van der Waals surface area contributed by atoms with Crippen molar-refractivity contribution in [2.24, 2.45) is 0 Å². The molecule has 1 heterocycles. The number of benzene rings is 1. The molecule has 2 aromatic rings. The number of unbranched alkanes of at least 4 members (excludes halogenated alkanes) is 9. The Kier molecular flexibility index (Phi) is 12.9. The second-order valence-corrected chi connectivity index (χ2v) is 8.80. The first-order valence-electron chi connectivity index (χ1n) is 12.6. The van der Waals surface area contributed by atoms with Gasteiger partial charge in [-0.2, -0.15) is 0 Å². The molecule has 0 amide bonds. The number of hydrogen-bond donors (Lipinski definition) is 0. The van der Waals surface area contributed by atoms with E-state index in [0.29, 0.717) is 31.6 Å². The van der Waals surface area contributed by atoms with Gasteiger partial charge < -0.3 is 4.74 Å². The largest absolute Gasteiger partial charge is 0.493 e. The summed E-state index contributed by atoms with van der Waals surface area (Å²) in [6.45, 7) is 4.21. The van der Waals surface area contributed by atoms with Gasteiger partial charge >= 0.3 is 0 Å². The molecule has 0 saturated heterocycles. The fourth-order valence-corrected chi connectivity index (χ4v) is 3.93. The number of halogens is 3. The molecule has 0 spiro atoms. The molecule has 2 rings (SSSR count). The minimum Gasteiger partial charge on any atom is -0.493 e. The quantitative estimate of drug-likeness (QED) is 0.220. The zero-order valence-electron chi connectivity index (χ0n) is 20.2. The van der Waals surface area contributed by atoms with Crippen LogP contribution in [0.2, 0.25) is 0 Å². The highest BCUT2D eigenvalue weighted by molar-refractivity contribution is 5.60. The Bertz CT molecular complexity index is 800. The summed E-state index contributed by atoms with van der Waals surface area (Å²) in [7, 11) is 0. The summed E-state index contributed by atoms with van der Waals surface area (Å²) in [5.41, 5.74) is 0.258. The predicted octanol–water partition coefficient (Wildman–Crippen LogP) is 8.40. The number of alkyl halides is 1. The van der Waals surface area contributed by atoms with Crippen LogP contribution in [0.15, 0.2) is 24.5 Å². The van der Waals surface area contributed by atoms with Crippen molar-refractivity contribution >= 4 is 0 Å². The topological polar surface area (TPSA) is 35.0 Å². The molecule has 0 aliphatic rings. The van der Waals surface area contributed by atoms with Crippen molar-refractivity contribution in [1.82, 2.24) is 9.97 Å². The number of aromatic nitrogens is 2. The van der Waals surface area contributed by atoms with Gasteiger partial charge in [-0.3, -0.25) is 0 Å². The van der Waals surface area contributed by atoms with Gasteiger partial charge in [0.25, 0.3) is 0 Å². The lowest BCUT2D eigenvalue weighted by molar-refractivity contribution is 0.297. The average Bonchev–Trinajstić information content (AvgIpc) is 2.81. The summed E-state index contributed by atoms with van der Waals surface area (Å²) in [5, 5.41) is 0. The number of nitrogens with zero attached hydrogens (tertiary/aromatic N) is 2. The minimum absolute atomic E-state index is 0.00836. The number of ether oxygens (including phenoxy) is 1. The molecule has 33 heavy (non-hydrogen) atoms. The molecule has 3 nitrogen and oxygen atoms in total. The van der Waals surface area contributed by atoms with Crippen molar-refractivity contribution in [3.8, 4) is 17.1 Å². The van der Waals surface area contributed by atoms with Gasteiger partial charge in [0.05, 0.1) is 18.3 Å². The van der Waals surface area contributed by atoms with E-state index in [0.717, 1.165) is 32.1 Å². The maximum atomic E-state index is 15.1. The van der Waals surface area contributed by atoms with Gasteiger partial charge in [0, 0.05) is 18.0 Å². The predicted molar refractivity (Wildman–Crippen MR) is 128 cm³/mol. The lowest BCUT2D eigenvalue weighted by Gasteiger charge is -2.15. The zero-order valence-corrected chi connectivity index (χ0v) is 20.2. The van der Waals surface area contributed by atoms with Crippen LogP contribution in [0.1, 0.15) is 96.5 Å². The van der Waals surface area contributed by atoms with Crippen LogP contribution in [0, 0.1) is 11.6 Å². The van der Waals surface area contributed by atoms with E-state index >= 15 is 4.39 Å². The van der Waals surface area contributed by atoms with Crippen LogP contribution >= 0.6 is 0 Å². The van der Waals surface area contributed by atoms with Crippen molar-refractivity contribution in [3.05, 3.63) is 41.7 Å². The van der Waals surface area contributed by atoms with E-state index in [1.807, 2.05) is 0 Å². The van der Waals surface area contributed by atoms with Crippen molar-refractivity contribution in [2.45, 2.75) is 103 Å². The van der Waals surface area contributed by atoms with Gasteiger partial charge in [-0.05, 0) is 44.7 Å². The highest BCUT2D eigenvalue weighted by Crippen LogP contribution is 2.33. The van der Waals surface area contributed by atoms with Crippen molar-refractivity contribution in [1.29, 1.82) is 0 Å². The molecule has 0 aliphatic heterocycles. The number of rotatable bonds is 17. The molecule has 0 bridgehead atoms. The lowest BCUT2D eigenvalue weighted by Crippen LogP contribution is -2.06. The average molecular weight is 465 g/mol. The zero-order chi connectivity index (χ0) is 23.9. The molecule has 1 atom stereocenters. The first kappa shape index (κ1) is 27.1. The Morgan fingerprint density at radius 3 is 2.15 bits per heavy atom. The molecular formula is C27H39F3N2O. The van der Waals surface area contributed by atoms with E-state index in [1.165, 1.54) is 57.5 Å². The summed E-state index contributed by atoms with van der Waals surface area (Å²) < 4.78 is 48.9. The molecule has 1 aromatic carbocycles. The van der Waals surface area contributed by atoms with Gasteiger partial charge in [0.15, 0.2) is 17.5 Å². The van der Waals surface area contributed by atoms with E-state index in [2.05, 4.69) is 16.9 Å². The molecule has 1 unspecified atom stereocenters. The van der Waals surface area contributed by atoms with Crippen LogP contribution in [-0.4, -0.2) is 22.7 Å². The van der Waals surface area contributed by atoms with Gasteiger partial charge in [-0.25, -0.2) is 23.1 Å². The van der Waals surface area contributed by atoms with Gasteiger partial charge in [-0.1, -0.05) is 64.7 Å². The Balaban J connectivity index is 2.01. The molecule has 6 heteroatoms. The maximum Gasteiger partial charge on any atom is 0.170 e. The van der Waals surface area contributed by atoms with E-state index in [4.69, 9.17) is 4.74 Å². The Morgan fingerprint density at radius 1 is 0.848 bits per heavy atom. The first-order valence-corrected chi connectivity index (χ1v) is 12.6. The second kappa shape index (κ2) is 15.7. The van der Waals surface area contributed by atoms with Gasteiger partial charge in [0.2, 0.25) is 0 Å². The first-order chi connectivity index (χ1) is 16.0. The molecule has 0 fully saturated rings. The molecule has 0 radical (unpaired) electrons. The minimum atomic E-state index is -0.951. The van der Waals surface area contributed by atoms with Crippen LogP contribution < -0.4 is 4.74 Å². The Morgan fingerprint density at radius 2 is 1.48 bits per heavy atom. The smallest absolute Gasteiger partial charge is 0.170 e. The standard InChI is InChI=1S/C27H39F3N2O/c1-3-4-5-6-7-8-9-13-19-33-24-20-23(27-31-17-14-18-32-27)26(30)25(29)22(24)16-12-10-11-15-21(2)28/h14,17-18,20-21H,3-13,15-16,19H2,1-2H3. The van der Waals surface area contributed by atoms with Crippen molar-refractivity contribution in [3.63, 3.8) is 0 Å². The third-order valence-corrected chi connectivity index (χ3v) is 5.86. The third kappa shape index (κ3) is 9.73. The van der Waals surface area contributed by atoms with E-state index < -0.39 is 17.8 Å². The summed E-state index contributed by atoms with van der Waals surface area (Å²) in [5.74, 6) is -1.36. The van der Waals surface area contributed by atoms with Gasteiger partial charge in [0.1, 0.15) is 5.75 Å². The summed E-state index contributed by atoms with van der Waals surface area (Å²) in [6.07, 6.45) is 14.6. The number of hydrogen-bond acceptors (Lipinski definition) is 3. The molecular weight excluding hydrogens is 425 g/mol. The monoisotopic (exact) mass is 464 g/mol. The van der Waals surface area contributed by atoms with Crippen LogP contribution in [0.25, 0.3) is 11.4 Å². The molecule has 0 saturated carbocycles. The van der Waals surface area contributed by atoms with E-state index in [9.17, 15) is 8.78 Å². The highest BCUT2D eigenvalue weighted by Gasteiger charge is 2.21.